The van der Waals surface area contributed by atoms with E-state index in [1.165, 1.54) is 10.6 Å². The molecule has 1 aliphatic heterocycles. The van der Waals surface area contributed by atoms with Gasteiger partial charge in [0.1, 0.15) is 0 Å². The minimum atomic E-state index is -3.16. The molecule has 0 spiro atoms. The van der Waals surface area contributed by atoms with E-state index in [9.17, 15) is 13.2 Å². The summed E-state index contributed by atoms with van der Waals surface area (Å²) in [5.74, 6) is 0.202. The van der Waals surface area contributed by atoms with Crippen molar-refractivity contribution in [2.45, 2.75) is 26.2 Å². The molecule has 21 heavy (non-hydrogen) atoms. The van der Waals surface area contributed by atoms with Gasteiger partial charge in [-0.1, -0.05) is 28.1 Å². The zero-order valence-electron chi connectivity index (χ0n) is 12.3. The van der Waals surface area contributed by atoms with E-state index >= 15 is 0 Å². The number of hydrogen-bond acceptors (Lipinski definition) is 3. The number of ketones is 1. The number of Topliss-reactive ketones (excluding diaryl/α,β-unsaturated/α-hetero) is 1. The van der Waals surface area contributed by atoms with Crippen molar-refractivity contribution < 1.29 is 13.2 Å². The summed E-state index contributed by atoms with van der Waals surface area (Å²) >= 11 is 3.44. The molecule has 0 radical (unpaired) electrons. The second kappa shape index (κ2) is 6.58. The third-order valence-corrected chi connectivity index (χ3v) is 6.12. The first-order valence-electron chi connectivity index (χ1n) is 7.02. The molecule has 0 aliphatic carbocycles. The maximum Gasteiger partial charge on any atom is 0.211 e. The van der Waals surface area contributed by atoms with Crippen molar-refractivity contribution in [3.63, 3.8) is 0 Å². The van der Waals surface area contributed by atoms with E-state index in [4.69, 9.17) is 0 Å². The Morgan fingerprint density at radius 1 is 1.43 bits per heavy atom. The molecule has 1 heterocycles. The number of hydrogen-bond donors (Lipinski definition) is 0. The lowest BCUT2D eigenvalue weighted by molar-refractivity contribution is 0.0941. The van der Waals surface area contributed by atoms with Gasteiger partial charge in [-0.2, -0.15) is 0 Å². The van der Waals surface area contributed by atoms with Gasteiger partial charge in [0.2, 0.25) is 10.0 Å². The van der Waals surface area contributed by atoms with Crippen LogP contribution in [0.5, 0.6) is 0 Å². The Hall–Kier alpha value is -0.720. The third kappa shape index (κ3) is 4.14. The normalized spacial score (nSPS) is 20.4. The van der Waals surface area contributed by atoms with Crippen LogP contribution in [0.4, 0.5) is 0 Å². The first-order valence-corrected chi connectivity index (χ1v) is 9.66. The second-order valence-corrected chi connectivity index (χ2v) is 8.51. The molecule has 116 valence electrons. The number of piperidine rings is 1. The number of rotatable bonds is 4. The van der Waals surface area contributed by atoms with E-state index in [1.807, 2.05) is 25.1 Å². The topological polar surface area (TPSA) is 54.5 Å². The molecule has 2 rings (SSSR count). The number of benzene rings is 1. The molecular weight excluding hydrogens is 354 g/mol. The molecule has 1 aliphatic rings. The molecule has 0 N–H and O–H groups in total. The monoisotopic (exact) mass is 373 g/mol. The summed E-state index contributed by atoms with van der Waals surface area (Å²) in [5, 5.41) is 0. The average molecular weight is 374 g/mol. The molecule has 1 unspecified atom stereocenters. The standard InChI is InChI=1S/C15H20BrNO3S/c1-11-13(6-3-7-14(11)16)15(18)9-12-5-4-8-17(10-12)21(2,19)20/h3,6-7,12H,4-5,8-10H2,1-2H3. The molecule has 0 saturated carbocycles. The lowest BCUT2D eigenvalue weighted by Crippen LogP contribution is -2.39. The molecule has 1 saturated heterocycles. The van der Waals surface area contributed by atoms with Gasteiger partial charge in [0.05, 0.1) is 6.26 Å². The van der Waals surface area contributed by atoms with Crippen molar-refractivity contribution in [2.75, 3.05) is 19.3 Å². The maximum atomic E-state index is 12.5. The largest absolute Gasteiger partial charge is 0.294 e. The van der Waals surface area contributed by atoms with Crippen LogP contribution in [0.2, 0.25) is 0 Å². The van der Waals surface area contributed by atoms with Gasteiger partial charge in [0.25, 0.3) is 0 Å². The highest BCUT2D eigenvalue weighted by atomic mass is 79.9. The number of carbonyl (C=O) groups is 1. The first-order chi connectivity index (χ1) is 9.79. The molecule has 1 aromatic carbocycles. The fourth-order valence-electron chi connectivity index (χ4n) is 2.78. The SMILES string of the molecule is Cc1c(Br)cccc1C(=O)CC1CCCN(S(C)(=O)=O)C1. The van der Waals surface area contributed by atoms with Crippen LogP contribution in [0.1, 0.15) is 35.2 Å². The number of carbonyl (C=O) groups excluding carboxylic acids is 1. The Morgan fingerprint density at radius 2 is 2.14 bits per heavy atom. The highest BCUT2D eigenvalue weighted by Gasteiger charge is 2.27. The summed E-state index contributed by atoms with van der Waals surface area (Å²) in [4.78, 5) is 12.5. The minimum Gasteiger partial charge on any atom is -0.294 e. The third-order valence-electron chi connectivity index (χ3n) is 3.99. The van der Waals surface area contributed by atoms with Crippen LogP contribution in [-0.4, -0.2) is 37.9 Å². The van der Waals surface area contributed by atoms with Crippen LogP contribution in [0, 0.1) is 12.8 Å². The van der Waals surface area contributed by atoms with Crippen molar-refractivity contribution in [3.8, 4) is 0 Å². The van der Waals surface area contributed by atoms with Crippen molar-refractivity contribution >= 4 is 31.7 Å². The molecule has 6 heteroatoms. The fraction of sp³-hybridized carbons (Fsp3) is 0.533. The summed E-state index contributed by atoms with van der Waals surface area (Å²) in [6.45, 7) is 2.94. The number of sulfonamides is 1. The highest BCUT2D eigenvalue weighted by Crippen LogP contribution is 2.26. The quantitative estimate of drug-likeness (QED) is 0.762. The van der Waals surface area contributed by atoms with Gasteiger partial charge in [0, 0.05) is 29.5 Å². The zero-order valence-corrected chi connectivity index (χ0v) is 14.7. The lowest BCUT2D eigenvalue weighted by Gasteiger charge is -2.30. The highest BCUT2D eigenvalue weighted by molar-refractivity contribution is 9.10. The lowest BCUT2D eigenvalue weighted by atomic mass is 9.91. The minimum absolute atomic E-state index is 0.0918. The Kier molecular flexibility index (Phi) is 5.22. The van der Waals surface area contributed by atoms with Crippen molar-refractivity contribution in [2.24, 2.45) is 5.92 Å². The summed E-state index contributed by atoms with van der Waals surface area (Å²) < 4.78 is 25.7. The molecule has 0 amide bonds. The Morgan fingerprint density at radius 3 is 2.81 bits per heavy atom. The molecule has 0 bridgehead atoms. The fourth-order valence-corrected chi connectivity index (χ4v) is 4.08. The van der Waals surface area contributed by atoms with Gasteiger partial charge < -0.3 is 0 Å². The van der Waals surface area contributed by atoms with Crippen LogP contribution in [0.25, 0.3) is 0 Å². The Labute approximate surface area is 134 Å². The molecule has 1 atom stereocenters. The van der Waals surface area contributed by atoms with E-state index in [0.29, 0.717) is 19.5 Å². The summed E-state index contributed by atoms with van der Waals surface area (Å²) in [6, 6.07) is 5.60. The van der Waals surface area contributed by atoms with Gasteiger partial charge in [0.15, 0.2) is 5.78 Å². The maximum absolute atomic E-state index is 12.5. The van der Waals surface area contributed by atoms with Crippen LogP contribution in [0.3, 0.4) is 0 Å². The van der Waals surface area contributed by atoms with Crippen molar-refractivity contribution in [1.29, 1.82) is 0 Å². The van der Waals surface area contributed by atoms with Gasteiger partial charge in [-0.05, 0) is 37.3 Å². The van der Waals surface area contributed by atoms with Gasteiger partial charge in [-0.25, -0.2) is 12.7 Å². The van der Waals surface area contributed by atoms with Crippen molar-refractivity contribution in [1.82, 2.24) is 4.31 Å². The summed E-state index contributed by atoms with van der Waals surface area (Å²) in [7, 11) is -3.16. The predicted octanol–water partition coefficient (Wildman–Crippen LogP) is 3.00. The number of halogens is 1. The molecule has 4 nitrogen and oxygen atoms in total. The second-order valence-electron chi connectivity index (χ2n) is 5.67. The molecule has 1 aromatic rings. The Balaban J connectivity index is 2.08. The summed E-state index contributed by atoms with van der Waals surface area (Å²) in [6.07, 6.45) is 3.37. The molecule has 1 fully saturated rings. The molecular formula is C15H20BrNO3S. The van der Waals surface area contributed by atoms with Crippen LogP contribution < -0.4 is 0 Å². The van der Waals surface area contributed by atoms with E-state index in [0.717, 1.165) is 28.4 Å². The van der Waals surface area contributed by atoms with E-state index < -0.39 is 10.0 Å². The van der Waals surface area contributed by atoms with E-state index in [-0.39, 0.29) is 11.7 Å². The zero-order chi connectivity index (χ0) is 15.6. The van der Waals surface area contributed by atoms with Crippen LogP contribution in [-0.2, 0) is 10.0 Å². The first kappa shape index (κ1) is 16.6. The van der Waals surface area contributed by atoms with Crippen molar-refractivity contribution in [3.05, 3.63) is 33.8 Å². The predicted molar refractivity (Wildman–Crippen MR) is 87.0 cm³/mol. The van der Waals surface area contributed by atoms with Crippen LogP contribution >= 0.6 is 15.9 Å². The van der Waals surface area contributed by atoms with Crippen LogP contribution in [0.15, 0.2) is 22.7 Å². The van der Waals surface area contributed by atoms with Gasteiger partial charge in [-0.15, -0.1) is 0 Å². The Bertz CT molecular complexity index is 642. The van der Waals surface area contributed by atoms with E-state index in [2.05, 4.69) is 15.9 Å². The average Bonchev–Trinajstić information content (AvgIpc) is 2.41. The molecule has 0 aromatic heterocycles. The van der Waals surface area contributed by atoms with E-state index in [1.54, 1.807) is 0 Å². The number of nitrogens with zero attached hydrogens (tertiary/aromatic N) is 1. The van der Waals surface area contributed by atoms with Gasteiger partial charge >= 0.3 is 0 Å². The summed E-state index contributed by atoms with van der Waals surface area (Å²) in [5.41, 5.74) is 1.67. The van der Waals surface area contributed by atoms with Gasteiger partial charge in [-0.3, -0.25) is 4.79 Å². The smallest absolute Gasteiger partial charge is 0.211 e.